The van der Waals surface area contributed by atoms with Gasteiger partial charge in [0.25, 0.3) is 6.50 Å². The number of carbonyl (C=O) groups is 1. The number of anilines is 1. The summed E-state index contributed by atoms with van der Waals surface area (Å²) in [4.78, 5) is 25.1. The van der Waals surface area contributed by atoms with Crippen molar-refractivity contribution in [3.8, 4) is 0 Å². The number of nitrogens with one attached hydrogen (secondary N) is 1. The maximum atomic E-state index is 12.9. The first-order chi connectivity index (χ1) is 16.6. The van der Waals surface area contributed by atoms with E-state index in [1.54, 1.807) is 0 Å². The molecular weight excluding hydrogens is 292 g/mol. The van der Waals surface area contributed by atoms with Crippen molar-refractivity contribution in [2.45, 2.75) is 19.3 Å². The van der Waals surface area contributed by atoms with Gasteiger partial charge in [-0.1, -0.05) is 6.85 Å². The minimum absolute atomic E-state index is 0.0357. The van der Waals surface area contributed by atoms with Crippen molar-refractivity contribution in [2.24, 2.45) is 5.89 Å². The molecule has 23 heavy (non-hydrogen) atoms. The van der Waals surface area contributed by atoms with Crippen molar-refractivity contribution in [1.82, 2.24) is 19.9 Å². The zero-order valence-corrected chi connectivity index (χ0v) is 11.6. The first kappa shape index (κ1) is 5.78. The number of piperidine rings is 1. The highest BCUT2D eigenvalue weighted by Gasteiger charge is 2.33. The summed E-state index contributed by atoms with van der Waals surface area (Å²) >= 11 is 0. The van der Waals surface area contributed by atoms with Crippen LogP contribution in [0.25, 0.3) is 15.9 Å². The summed E-state index contributed by atoms with van der Waals surface area (Å²) in [6.07, 6.45) is -0.841. The molecule has 0 radical (unpaired) electrons. The van der Waals surface area contributed by atoms with Crippen LogP contribution in [0.3, 0.4) is 0 Å². The van der Waals surface area contributed by atoms with E-state index in [2.05, 4.69) is 19.8 Å². The number of H-pyrrole nitrogens is 1. The van der Waals surface area contributed by atoms with Crippen LogP contribution in [-0.2, 0) is 4.79 Å². The minimum atomic E-state index is -3.79. The third kappa shape index (κ3) is 2.84. The van der Waals surface area contributed by atoms with Gasteiger partial charge < -0.3 is 19.6 Å². The van der Waals surface area contributed by atoms with Crippen LogP contribution in [0.4, 0.5) is 5.82 Å². The number of likely N-dealkylation sites (N-methyl/N-ethyl adjacent to an activating group) is 1. The maximum absolute atomic E-state index is 12.9. The molecule has 1 saturated heterocycles. The number of hydrogen-bond acceptors (Lipinski definition) is 4. The van der Waals surface area contributed by atoms with E-state index in [-0.39, 0.29) is 15.4 Å². The normalized spacial score (nSPS) is 40.4. The molecule has 1 amide bonds. The molecule has 0 aliphatic carbocycles. The van der Waals surface area contributed by atoms with E-state index in [4.69, 9.17) is 24.4 Å². The maximum Gasteiger partial charge on any atom is 0.302 e. The molecule has 2 atom stereocenters. The molecule has 120 valence electrons. The quantitative estimate of drug-likeness (QED) is 0.869. The summed E-state index contributed by atoms with van der Waals surface area (Å²) in [6.45, 7) is -8.30. The Labute approximate surface area is 154 Å². The molecular formula is C16H20N6O. The molecule has 0 unspecified atom stereocenters. The number of rotatable bonds is 3. The summed E-state index contributed by atoms with van der Waals surface area (Å²) in [5, 5.41) is -0.428. The second kappa shape index (κ2) is 6.24. The van der Waals surface area contributed by atoms with E-state index >= 15 is 0 Å². The Balaban J connectivity index is 2.49. The number of aromatic nitrogens is 3. The van der Waals surface area contributed by atoms with Crippen molar-refractivity contribution in [3.63, 3.8) is 0 Å². The van der Waals surface area contributed by atoms with Gasteiger partial charge in [-0.15, -0.1) is 0 Å². The van der Waals surface area contributed by atoms with Crippen LogP contribution in [0.5, 0.6) is 0 Å². The monoisotopic (exact) mass is 326 g/mol. The van der Waals surface area contributed by atoms with Gasteiger partial charge in [0.2, 0.25) is 0 Å². The van der Waals surface area contributed by atoms with Crippen LogP contribution >= 0.6 is 0 Å². The van der Waals surface area contributed by atoms with Gasteiger partial charge in [-0.05, 0) is 18.4 Å². The number of carbonyl (C=O) groups excluding carboxylic acids is 1. The molecule has 0 spiro atoms. The molecule has 1 N–H and O–H groups in total. The smallest absolute Gasteiger partial charge is 0.302 e. The van der Waals surface area contributed by atoms with E-state index < -0.39 is 81.2 Å². The van der Waals surface area contributed by atoms with Gasteiger partial charge in [0, 0.05) is 35.8 Å². The molecule has 7 nitrogen and oxygen atoms in total. The van der Waals surface area contributed by atoms with Crippen LogP contribution in [0, 0.1) is 12.5 Å². The Morgan fingerprint density at radius 1 is 1.83 bits per heavy atom. The highest BCUT2D eigenvalue weighted by Crippen LogP contribution is 2.28. The first-order valence-electron chi connectivity index (χ1n) is 13.4. The van der Waals surface area contributed by atoms with Gasteiger partial charge in [-0.3, -0.25) is 4.79 Å². The summed E-state index contributed by atoms with van der Waals surface area (Å²) in [7, 11) is 0. The van der Waals surface area contributed by atoms with Crippen LogP contribution in [-0.4, -0.2) is 58.3 Å². The fourth-order valence-electron chi connectivity index (χ4n) is 2.06. The van der Waals surface area contributed by atoms with Gasteiger partial charge in [-0.2, -0.15) is 0 Å². The average Bonchev–Trinajstić information content (AvgIpc) is 3.10. The lowest BCUT2D eigenvalue weighted by Gasteiger charge is -2.41. The lowest BCUT2D eigenvalue weighted by molar-refractivity contribution is -0.130. The fourth-order valence-corrected chi connectivity index (χ4v) is 2.06. The van der Waals surface area contributed by atoms with Crippen molar-refractivity contribution in [1.29, 1.82) is 0 Å². The number of nitrogens with zero attached hydrogens (tertiary/aromatic N) is 5. The number of likely N-dealkylation sites (tertiary alicyclic amines) is 1. The van der Waals surface area contributed by atoms with Gasteiger partial charge in [0.15, 0.2) is 0 Å². The van der Waals surface area contributed by atoms with Crippen molar-refractivity contribution in [3.05, 3.63) is 30.0 Å². The van der Waals surface area contributed by atoms with Crippen LogP contribution in [0.15, 0.2) is 18.5 Å². The van der Waals surface area contributed by atoms with Gasteiger partial charge in [0.05, 0.1) is 16.9 Å². The summed E-state index contributed by atoms with van der Waals surface area (Å²) in [5.41, 5.74) is -0.268. The van der Waals surface area contributed by atoms with E-state index in [0.29, 0.717) is 0 Å². The Hall–Kier alpha value is -2.62. The van der Waals surface area contributed by atoms with E-state index in [1.165, 1.54) is 0 Å². The third-order valence-corrected chi connectivity index (χ3v) is 3.15. The topological polar surface area (TPSA) is 69.5 Å². The fraction of sp³-hybridized carbons (Fsp3) is 0.500. The minimum Gasteiger partial charge on any atom is -0.354 e. The van der Waals surface area contributed by atoms with Crippen LogP contribution in [0.2, 0.25) is 0 Å². The Bertz CT molecular complexity index is 1280. The number of aromatic amines is 1. The third-order valence-electron chi connectivity index (χ3n) is 3.15. The van der Waals surface area contributed by atoms with Gasteiger partial charge >= 0.3 is 5.91 Å². The highest BCUT2D eigenvalue weighted by atomic mass is 16.2. The molecule has 3 rings (SSSR count). The second-order valence-corrected chi connectivity index (χ2v) is 4.51. The zero-order chi connectivity index (χ0) is 28.6. The molecule has 2 aromatic rings. The second-order valence-electron chi connectivity index (χ2n) is 4.51. The van der Waals surface area contributed by atoms with Gasteiger partial charge in [-0.25, -0.2) is 16.5 Å². The largest absolute Gasteiger partial charge is 0.354 e. The van der Waals surface area contributed by atoms with Crippen LogP contribution < -0.4 is 4.90 Å². The predicted molar refractivity (Wildman–Crippen MR) is 87.9 cm³/mol. The van der Waals surface area contributed by atoms with Crippen molar-refractivity contribution < 1.29 is 24.0 Å². The molecule has 1 fully saturated rings. The summed E-state index contributed by atoms with van der Waals surface area (Å²) in [6, 6.07) is -4.25. The van der Waals surface area contributed by atoms with Gasteiger partial charge in [0.1, 0.15) is 21.9 Å². The van der Waals surface area contributed by atoms with E-state index in [1.807, 2.05) is 0 Å². The van der Waals surface area contributed by atoms with Crippen molar-refractivity contribution in [2.75, 3.05) is 31.4 Å². The molecule has 1 aliphatic rings. The molecule has 0 saturated carbocycles. The van der Waals surface area contributed by atoms with E-state index in [0.717, 1.165) is 6.20 Å². The SMILES string of the molecule is [2H]c1nc(N(C([2H])([2H])[2H])[C@@]2([2H])C([2H])([2H])N(C(=O)C([2H])([2H])[N+]#[C-])CC[C@@]2([2H])C([2H])([2H])[2H])c2c([2H])c[nH]c2n1. The molecule has 1 aliphatic heterocycles. The average molecular weight is 326 g/mol. The van der Waals surface area contributed by atoms with Crippen molar-refractivity contribution >= 4 is 22.8 Å². The molecule has 0 aromatic carbocycles. The van der Waals surface area contributed by atoms with Crippen LogP contribution in [0.1, 0.15) is 32.5 Å². The lowest BCUT2D eigenvalue weighted by atomic mass is 9.92. The number of amides is 1. The Morgan fingerprint density at radius 2 is 2.74 bits per heavy atom. The van der Waals surface area contributed by atoms with E-state index in [9.17, 15) is 6.17 Å². The highest BCUT2D eigenvalue weighted by molar-refractivity contribution is 5.87. The predicted octanol–water partition coefficient (Wildman–Crippen LogP) is 1.55. The molecule has 7 heteroatoms. The summed E-state index contributed by atoms with van der Waals surface area (Å²) in [5.74, 6) is -6.04. The zero-order valence-electron chi connectivity index (χ0n) is 25.6. The first-order valence-corrected chi connectivity index (χ1v) is 6.41. The Kier molecular flexibility index (Phi) is 1.57. The summed E-state index contributed by atoms with van der Waals surface area (Å²) < 4.78 is 115. The Morgan fingerprint density at radius 3 is 3.52 bits per heavy atom. The number of hydrogen-bond donors (Lipinski definition) is 1. The lowest BCUT2D eigenvalue weighted by Crippen LogP contribution is -2.53. The number of fused-ring (bicyclic) bond motifs is 1. The molecule has 0 bridgehead atoms. The molecule has 3 heterocycles. The molecule has 2 aromatic heterocycles. The standard InChI is InChI=1S/C16H20N6O/c1-11-5-7-22(14(23)8-17-2)9-13(11)21(3)16-12-4-6-18-15(12)19-10-20-16/h4,6,10-11,13H,5,7-9H2,1,3H3,(H,18,19,20)/t11-,13+/m1/s1/i1D3,3D3,4D,8D2,9D2,10D,11D,13D.